The molecule has 0 radical (unpaired) electrons. The molecule has 0 bridgehead atoms. The van der Waals surface area contributed by atoms with Crippen LogP contribution in [0.25, 0.3) is 0 Å². The van der Waals surface area contributed by atoms with Crippen molar-refractivity contribution >= 4 is 17.5 Å². The Morgan fingerprint density at radius 2 is 2.24 bits per heavy atom. The van der Waals surface area contributed by atoms with Crippen LogP contribution in [0.5, 0.6) is 5.75 Å². The number of rotatable bonds is 3. The van der Waals surface area contributed by atoms with E-state index in [2.05, 4.69) is 10.3 Å². The van der Waals surface area contributed by atoms with Gasteiger partial charge in [-0.3, -0.25) is 0 Å². The second-order valence-electron chi connectivity index (χ2n) is 4.66. The lowest BCUT2D eigenvalue weighted by molar-refractivity contribution is 0.0602. The van der Waals surface area contributed by atoms with Crippen LogP contribution >= 0.6 is 0 Å². The lowest BCUT2D eigenvalue weighted by atomic mass is 10.1. The summed E-state index contributed by atoms with van der Waals surface area (Å²) in [4.78, 5) is 15.8. The highest BCUT2D eigenvalue weighted by atomic mass is 16.5. The lowest BCUT2D eigenvalue weighted by Crippen LogP contribution is -2.16. The number of hydrogen-bond acceptors (Lipinski definition) is 6. The first-order valence-electron chi connectivity index (χ1n) is 6.51. The van der Waals surface area contributed by atoms with Gasteiger partial charge in [0.05, 0.1) is 24.4 Å². The van der Waals surface area contributed by atoms with Crippen molar-refractivity contribution < 1.29 is 14.3 Å². The number of nitrogens with two attached hydrogens (primary N) is 1. The van der Waals surface area contributed by atoms with Crippen LogP contribution in [0.15, 0.2) is 36.5 Å². The molecule has 1 aliphatic heterocycles. The molecule has 1 aromatic heterocycles. The molecule has 3 rings (SSSR count). The normalized spacial score (nSPS) is 16.0. The average Bonchev–Trinajstić information content (AvgIpc) is 2.92. The fourth-order valence-electron chi connectivity index (χ4n) is 2.32. The lowest BCUT2D eigenvalue weighted by Gasteiger charge is -2.15. The van der Waals surface area contributed by atoms with Crippen LogP contribution < -0.4 is 15.8 Å². The van der Waals surface area contributed by atoms with Crippen molar-refractivity contribution in [2.45, 2.75) is 6.04 Å². The fourth-order valence-corrected chi connectivity index (χ4v) is 2.32. The van der Waals surface area contributed by atoms with Gasteiger partial charge in [-0.05, 0) is 12.1 Å². The van der Waals surface area contributed by atoms with Gasteiger partial charge < -0.3 is 20.5 Å². The van der Waals surface area contributed by atoms with E-state index in [0.29, 0.717) is 18.0 Å². The van der Waals surface area contributed by atoms with Crippen LogP contribution in [0.1, 0.15) is 22.0 Å². The molecule has 0 amide bonds. The van der Waals surface area contributed by atoms with Crippen molar-refractivity contribution in [1.82, 2.24) is 4.98 Å². The Morgan fingerprint density at radius 1 is 1.43 bits per heavy atom. The summed E-state index contributed by atoms with van der Waals surface area (Å²) >= 11 is 0. The van der Waals surface area contributed by atoms with Gasteiger partial charge in [0.25, 0.3) is 0 Å². The zero-order chi connectivity index (χ0) is 14.8. The van der Waals surface area contributed by atoms with E-state index in [-0.39, 0.29) is 11.7 Å². The molecule has 6 heteroatoms. The predicted octanol–water partition coefficient (Wildman–Crippen LogP) is 2.00. The third-order valence-corrected chi connectivity index (χ3v) is 3.41. The van der Waals surface area contributed by atoms with E-state index >= 15 is 0 Å². The SMILES string of the molecule is COC(=O)c1ccnc(NC2COc3ccccc32)c1N. The van der Waals surface area contributed by atoms with E-state index in [1.54, 1.807) is 0 Å². The molecule has 0 saturated heterocycles. The molecule has 2 aromatic rings. The first-order chi connectivity index (χ1) is 10.2. The molecule has 3 N–H and O–H groups in total. The second-order valence-corrected chi connectivity index (χ2v) is 4.66. The minimum absolute atomic E-state index is 0.0519. The number of hydrogen-bond donors (Lipinski definition) is 2. The Labute approximate surface area is 121 Å². The zero-order valence-corrected chi connectivity index (χ0v) is 11.5. The first kappa shape index (κ1) is 13.2. The Morgan fingerprint density at radius 3 is 3.05 bits per heavy atom. The zero-order valence-electron chi connectivity index (χ0n) is 11.5. The Balaban J connectivity index is 1.88. The number of benzene rings is 1. The van der Waals surface area contributed by atoms with E-state index in [0.717, 1.165) is 11.3 Å². The maximum atomic E-state index is 11.6. The molecular weight excluding hydrogens is 270 g/mol. The van der Waals surface area contributed by atoms with E-state index in [9.17, 15) is 4.79 Å². The molecular formula is C15H15N3O3. The number of para-hydroxylation sites is 1. The van der Waals surface area contributed by atoms with Crippen molar-refractivity contribution in [2.24, 2.45) is 0 Å². The summed E-state index contributed by atoms with van der Waals surface area (Å²) in [5, 5.41) is 3.22. The highest BCUT2D eigenvalue weighted by molar-refractivity contribution is 5.97. The summed E-state index contributed by atoms with van der Waals surface area (Å²) in [6.45, 7) is 0.489. The van der Waals surface area contributed by atoms with Gasteiger partial charge in [0.15, 0.2) is 5.82 Å². The maximum Gasteiger partial charge on any atom is 0.340 e. The molecule has 0 spiro atoms. The predicted molar refractivity (Wildman–Crippen MR) is 78.3 cm³/mol. The van der Waals surface area contributed by atoms with Gasteiger partial charge in [-0.2, -0.15) is 0 Å². The topological polar surface area (TPSA) is 86.5 Å². The van der Waals surface area contributed by atoms with Gasteiger partial charge in [0.1, 0.15) is 12.4 Å². The Bertz CT molecular complexity index is 688. The molecule has 0 saturated carbocycles. The van der Waals surface area contributed by atoms with Crippen LogP contribution in [-0.2, 0) is 4.74 Å². The van der Waals surface area contributed by atoms with Crippen molar-refractivity contribution in [3.8, 4) is 5.75 Å². The highest BCUT2D eigenvalue weighted by Gasteiger charge is 2.25. The number of methoxy groups -OCH3 is 1. The Kier molecular flexibility index (Phi) is 3.35. The minimum atomic E-state index is -0.485. The summed E-state index contributed by atoms with van der Waals surface area (Å²) in [5.41, 5.74) is 7.60. The largest absolute Gasteiger partial charge is 0.491 e. The van der Waals surface area contributed by atoms with E-state index in [1.807, 2.05) is 24.3 Å². The number of carbonyl (C=O) groups is 1. The fraction of sp³-hybridized carbons (Fsp3) is 0.200. The summed E-state index contributed by atoms with van der Waals surface area (Å²) in [7, 11) is 1.32. The van der Waals surface area contributed by atoms with Crippen molar-refractivity contribution in [3.05, 3.63) is 47.7 Å². The number of aromatic nitrogens is 1. The van der Waals surface area contributed by atoms with Gasteiger partial charge in [-0.15, -0.1) is 0 Å². The number of esters is 1. The summed E-state index contributed by atoms with van der Waals surface area (Å²) < 4.78 is 10.3. The number of anilines is 2. The Hall–Kier alpha value is -2.76. The van der Waals surface area contributed by atoms with Crippen LogP contribution in [0.4, 0.5) is 11.5 Å². The van der Waals surface area contributed by atoms with Crippen molar-refractivity contribution in [2.75, 3.05) is 24.8 Å². The van der Waals surface area contributed by atoms with Gasteiger partial charge >= 0.3 is 5.97 Å². The molecule has 0 aliphatic carbocycles. The first-order valence-corrected chi connectivity index (χ1v) is 6.51. The van der Waals surface area contributed by atoms with Crippen molar-refractivity contribution in [3.63, 3.8) is 0 Å². The third-order valence-electron chi connectivity index (χ3n) is 3.41. The quantitative estimate of drug-likeness (QED) is 0.839. The molecule has 1 unspecified atom stereocenters. The van der Waals surface area contributed by atoms with E-state index in [1.165, 1.54) is 19.4 Å². The maximum absolute atomic E-state index is 11.6. The van der Waals surface area contributed by atoms with E-state index < -0.39 is 5.97 Å². The number of nitrogens with zero attached hydrogens (tertiary/aromatic N) is 1. The number of ether oxygens (including phenoxy) is 2. The molecule has 1 aliphatic rings. The summed E-state index contributed by atoms with van der Waals surface area (Å²) in [6.07, 6.45) is 1.52. The van der Waals surface area contributed by atoms with Gasteiger partial charge in [-0.25, -0.2) is 9.78 Å². The number of carbonyl (C=O) groups excluding carboxylic acids is 1. The highest BCUT2D eigenvalue weighted by Crippen LogP contribution is 2.35. The smallest absolute Gasteiger partial charge is 0.340 e. The monoisotopic (exact) mass is 285 g/mol. The standard InChI is InChI=1S/C15H15N3O3/c1-20-15(19)10-6-7-17-14(13(10)16)18-11-8-21-12-5-3-2-4-9(11)12/h2-7,11H,8,16H2,1H3,(H,17,18). The minimum Gasteiger partial charge on any atom is -0.491 e. The second kappa shape index (κ2) is 5.32. The van der Waals surface area contributed by atoms with Gasteiger partial charge in [-0.1, -0.05) is 18.2 Å². The van der Waals surface area contributed by atoms with Gasteiger partial charge in [0.2, 0.25) is 0 Å². The molecule has 6 nitrogen and oxygen atoms in total. The van der Waals surface area contributed by atoms with Crippen LogP contribution in [0.3, 0.4) is 0 Å². The van der Waals surface area contributed by atoms with Crippen LogP contribution in [0, 0.1) is 0 Å². The molecule has 1 aromatic carbocycles. The molecule has 21 heavy (non-hydrogen) atoms. The molecule has 108 valence electrons. The summed E-state index contributed by atoms with van der Waals surface area (Å²) in [6, 6.07) is 9.25. The van der Waals surface area contributed by atoms with Crippen LogP contribution in [-0.4, -0.2) is 24.7 Å². The van der Waals surface area contributed by atoms with E-state index in [4.69, 9.17) is 15.2 Å². The molecule has 1 atom stereocenters. The number of fused-ring (bicyclic) bond motifs is 1. The number of nitrogens with one attached hydrogen (secondary N) is 1. The number of pyridine rings is 1. The number of nitrogen functional groups attached to an aromatic ring is 1. The third kappa shape index (κ3) is 2.35. The average molecular weight is 285 g/mol. The summed E-state index contributed by atoms with van der Waals surface area (Å²) in [5.74, 6) is 0.807. The van der Waals surface area contributed by atoms with Gasteiger partial charge in [0, 0.05) is 11.8 Å². The molecule has 2 heterocycles. The van der Waals surface area contributed by atoms with Crippen LogP contribution in [0.2, 0.25) is 0 Å². The molecule has 0 fully saturated rings. The van der Waals surface area contributed by atoms with Crippen molar-refractivity contribution in [1.29, 1.82) is 0 Å².